The van der Waals surface area contributed by atoms with E-state index < -0.39 is 5.97 Å². The average molecular weight is 353 g/mol. The Balaban J connectivity index is 1.97. The lowest BCUT2D eigenvalue weighted by atomic mass is 10.2. The van der Waals surface area contributed by atoms with Gasteiger partial charge < -0.3 is 14.5 Å². The lowest BCUT2D eigenvalue weighted by molar-refractivity contribution is -0.255. The number of carboxylic acids is 1. The third kappa shape index (κ3) is 3.27. The molecule has 0 radical (unpaired) electrons. The molecule has 0 spiro atoms. The summed E-state index contributed by atoms with van der Waals surface area (Å²) in [7, 11) is 0. The van der Waals surface area contributed by atoms with Crippen LogP contribution in [0.5, 0.6) is 0 Å². The predicted octanol–water partition coefficient (Wildman–Crippen LogP) is 2.06. The SMILES string of the molecule is C=CCN1C(=O)SC(=Cc2cccn2-c2cccc(C(=O)[O-])c2)C1=O. The number of hydrogen-bond donors (Lipinski definition) is 0. The van der Waals surface area contributed by atoms with Gasteiger partial charge in [0, 0.05) is 24.1 Å². The van der Waals surface area contributed by atoms with E-state index in [1.807, 2.05) is 0 Å². The van der Waals surface area contributed by atoms with Crippen LogP contribution in [0, 0.1) is 0 Å². The molecule has 1 saturated heterocycles. The van der Waals surface area contributed by atoms with Gasteiger partial charge >= 0.3 is 0 Å². The number of aromatic nitrogens is 1. The van der Waals surface area contributed by atoms with Crippen LogP contribution < -0.4 is 5.11 Å². The minimum atomic E-state index is -1.26. The molecule has 3 rings (SSSR count). The van der Waals surface area contributed by atoms with Gasteiger partial charge in [-0.2, -0.15) is 0 Å². The molecule has 0 aliphatic carbocycles. The van der Waals surface area contributed by atoms with E-state index in [1.165, 1.54) is 18.2 Å². The van der Waals surface area contributed by atoms with Gasteiger partial charge in [0.25, 0.3) is 11.1 Å². The molecule has 0 N–H and O–H groups in total. The van der Waals surface area contributed by atoms with Crippen molar-refractivity contribution in [3.63, 3.8) is 0 Å². The third-order valence-electron chi connectivity index (χ3n) is 3.60. The van der Waals surface area contributed by atoms with Crippen LogP contribution in [0.25, 0.3) is 11.8 Å². The summed E-state index contributed by atoms with van der Waals surface area (Å²) >= 11 is 0.865. The van der Waals surface area contributed by atoms with Gasteiger partial charge in [-0.15, -0.1) is 6.58 Å². The summed E-state index contributed by atoms with van der Waals surface area (Å²) in [5, 5.41) is 10.7. The number of nitrogens with zero attached hydrogens (tertiary/aromatic N) is 2. The molecule has 126 valence electrons. The summed E-state index contributed by atoms with van der Waals surface area (Å²) in [5.41, 5.74) is 1.33. The molecule has 0 saturated carbocycles. The van der Waals surface area contributed by atoms with Gasteiger partial charge in [0.1, 0.15) is 0 Å². The van der Waals surface area contributed by atoms with E-state index in [0.717, 1.165) is 16.7 Å². The molecule has 25 heavy (non-hydrogen) atoms. The Hall–Kier alpha value is -3.06. The molecule has 2 aromatic rings. The van der Waals surface area contributed by atoms with E-state index >= 15 is 0 Å². The highest BCUT2D eigenvalue weighted by Crippen LogP contribution is 2.32. The largest absolute Gasteiger partial charge is 0.545 e. The molecule has 1 aromatic carbocycles. The Labute approximate surface area is 148 Å². The molecular weight excluding hydrogens is 340 g/mol. The van der Waals surface area contributed by atoms with Crippen molar-refractivity contribution in [2.24, 2.45) is 0 Å². The smallest absolute Gasteiger partial charge is 0.293 e. The van der Waals surface area contributed by atoms with Crippen LogP contribution in [0.2, 0.25) is 0 Å². The first-order valence-corrected chi connectivity index (χ1v) is 8.18. The third-order valence-corrected chi connectivity index (χ3v) is 4.51. The van der Waals surface area contributed by atoms with Crippen molar-refractivity contribution >= 4 is 35.0 Å². The van der Waals surface area contributed by atoms with E-state index in [-0.39, 0.29) is 23.3 Å². The summed E-state index contributed by atoms with van der Waals surface area (Å²) in [6.07, 6.45) is 4.85. The zero-order chi connectivity index (χ0) is 18.0. The number of thioether (sulfide) groups is 1. The number of aromatic carboxylic acids is 1. The molecule has 1 aromatic heterocycles. The standard InChI is InChI=1S/C18H14N2O4S/c1-2-8-20-16(21)15(25-18(20)24)11-14-7-4-9-19(14)13-6-3-5-12(10-13)17(22)23/h2-7,9-11H,1,8H2,(H,22,23)/p-1. The molecule has 1 fully saturated rings. The van der Waals surface area contributed by atoms with Crippen LogP contribution in [-0.2, 0) is 4.79 Å². The number of hydrogen-bond acceptors (Lipinski definition) is 5. The summed E-state index contributed by atoms with van der Waals surface area (Å²) in [6.45, 7) is 3.70. The second-order valence-corrected chi connectivity index (χ2v) is 6.22. The summed E-state index contributed by atoms with van der Waals surface area (Å²) in [6, 6.07) is 9.83. The highest BCUT2D eigenvalue weighted by molar-refractivity contribution is 8.18. The van der Waals surface area contributed by atoms with Gasteiger partial charge in [-0.1, -0.05) is 18.2 Å². The Bertz CT molecular complexity index is 913. The first-order chi connectivity index (χ1) is 12.0. The van der Waals surface area contributed by atoms with Crippen molar-refractivity contribution in [1.82, 2.24) is 9.47 Å². The van der Waals surface area contributed by atoms with E-state index in [2.05, 4.69) is 6.58 Å². The summed E-state index contributed by atoms with van der Waals surface area (Å²) < 4.78 is 1.73. The first kappa shape index (κ1) is 16.8. The predicted molar refractivity (Wildman–Crippen MR) is 93.0 cm³/mol. The van der Waals surface area contributed by atoms with Crippen molar-refractivity contribution in [1.29, 1.82) is 0 Å². The molecule has 2 heterocycles. The Kier molecular flexibility index (Phi) is 4.58. The number of carboxylic acid groups (broad SMARTS) is 1. The van der Waals surface area contributed by atoms with E-state index in [4.69, 9.17) is 0 Å². The van der Waals surface area contributed by atoms with Crippen molar-refractivity contribution in [3.8, 4) is 5.69 Å². The van der Waals surface area contributed by atoms with Crippen LogP contribution in [0.15, 0.2) is 60.2 Å². The molecule has 7 heteroatoms. The van der Waals surface area contributed by atoms with Crippen LogP contribution in [0.4, 0.5) is 4.79 Å². The zero-order valence-electron chi connectivity index (χ0n) is 13.0. The molecule has 1 aliphatic heterocycles. The van der Waals surface area contributed by atoms with Gasteiger partial charge in [-0.05, 0) is 47.7 Å². The second kappa shape index (κ2) is 6.82. The molecule has 2 amide bonds. The highest BCUT2D eigenvalue weighted by Gasteiger charge is 2.34. The molecular formula is C18H13N2O4S-. The maximum absolute atomic E-state index is 12.3. The first-order valence-electron chi connectivity index (χ1n) is 7.36. The van der Waals surface area contributed by atoms with Crippen LogP contribution in [0.1, 0.15) is 16.1 Å². The fourth-order valence-electron chi connectivity index (χ4n) is 2.45. The van der Waals surface area contributed by atoms with E-state index in [1.54, 1.807) is 41.1 Å². The summed E-state index contributed by atoms with van der Waals surface area (Å²) in [4.78, 5) is 36.6. The minimum absolute atomic E-state index is 0.0588. The fourth-order valence-corrected chi connectivity index (χ4v) is 3.28. The molecule has 0 atom stereocenters. The van der Waals surface area contributed by atoms with Crippen molar-refractivity contribution < 1.29 is 19.5 Å². The normalized spacial score (nSPS) is 15.8. The number of carbonyl (C=O) groups excluding carboxylic acids is 3. The average Bonchev–Trinajstić information content (AvgIpc) is 3.16. The van der Waals surface area contributed by atoms with Crippen LogP contribution in [-0.4, -0.2) is 33.1 Å². The molecule has 0 bridgehead atoms. The topological polar surface area (TPSA) is 82.4 Å². The van der Waals surface area contributed by atoms with Gasteiger partial charge in [-0.25, -0.2) is 0 Å². The lowest BCUT2D eigenvalue weighted by Gasteiger charge is -2.10. The van der Waals surface area contributed by atoms with E-state index in [0.29, 0.717) is 16.3 Å². The van der Waals surface area contributed by atoms with Gasteiger partial charge in [-0.3, -0.25) is 14.5 Å². The Morgan fingerprint density at radius 3 is 2.76 bits per heavy atom. The van der Waals surface area contributed by atoms with Crippen molar-refractivity contribution in [2.45, 2.75) is 0 Å². The molecule has 0 unspecified atom stereocenters. The quantitative estimate of drug-likeness (QED) is 0.607. The summed E-state index contributed by atoms with van der Waals surface area (Å²) in [5.74, 6) is -1.63. The van der Waals surface area contributed by atoms with Gasteiger partial charge in [0.2, 0.25) is 0 Å². The highest BCUT2D eigenvalue weighted by atomic mass is 32.2. The lowest BCUT2D eigenvalue weighted by Crippen LogP contribution is -2.27. The molecule has 1 aliphatic rings. The number of rotatable bonds is 5. The van der Waals surface area contributed by atoms with Gasteiger partial charge in [0.15, 0.2) is 0 Å². The Morgan fingerprint density at radius 1 is 1.24 bits per heavy atom. The maximum atomic E-state index is 12.3. The minimum Gasteiger partial charge on any atom is -0.545 e. The van der Waals surface area contributed by atoms with E-state index in [9.17, 15) is 19.5 Å². The van der Waals surface area contributed by atoms with Crippen LogP contribution >= 0.6 is 11.8 Å². The monoisotopic (exact) mass is 353 g/mol. The number of carbonyl (C=O) groups is 3. The van der Waals surface area contributed by atoms with Crippen molar-refractivity contribution in [2.75, 3.05) is 6.54 Å². The Morgan fingerprint density at radius 2 is 2.04 bits per heavy atom. The second-order valence-electron chi connectivity index (χ2n) is 5.22. The number of imide groups is 1. The number of benzene rings is 1. The fraction of sp³-hybridized carbons (Fsp3) is 0.0556. The van der Waals surface area contributed by atoms with Crippen molar-refractivity contribution in [3.05, 3.63) is 71.4 Å². The molecule has 6 nitrogen and oxygen atoms in total. The van der Waals surface area contributed by atoms with Gasteiger partial charge in [0.05, 0.1) is 10.9 Å². The van der Waals surface area contributed by atoms with Crippen LogP contribution in [0.3, 0.4) is 0 Å². The zero-order valence-corrected chi connectivity index (χ0v) is 13.9. The maximum Gasteiger partial charge on any atom is 0.293 e. The number of amides is 2.